The molecule has 1 aliphatic heterocycles. The Bertz CT molecular complexity index is 500. The molecule has 0 aromatic heterocycles. The van der Waals surface area contributed by atoms with Crippen LogP contribution in [0.15, 0.2) is 23.8 Å². The van der Waals surface area contributed by atoms with Crippen LogP contribution in [-0.4, -0.2) is 23.7 Å². The van der Waals surface area contributed by atoms with Gasteiger partial charge in [-0.1, -0.05) is 6.07 Å². The number of aliphatic carboxylic acids is 1. The Morgan fingerprint density at radius 2 is 2.00 bits per heavy atom. The molecule has 0 spiro atoms. The number of hydrogen-bond donors (Lipinski definition) is 1. The van der Waals surface area contributed by atoms with Gasteiger partial charge < -0.3 is 14.6 Å². The highest BCUT2D eigenvalue weighted by Crippen LogP contribution is 2.33. The highest BCUT2D eigenvalue weighted by atomic mass is 16.7. The molecule has 1 aromatic rings. The highest BCUT2D eigenvalue weighted by Gasteiger charge is 2.15. The van der Waals surface area contributed by atoms with E-state index in [-0.39, 0.29) is 12.4 Å². The summed E-state index contributed by atoms with van der Waals surface area (Å²) >= 11 is 0. The minimum absolute atomic E-state index is 0.154. The summed E-state index contributed by atoms with van der Waals surface area (Å²) in [6, 6.07) is 4.97. The average molecular weight is 234 g/mol. The number of fused-ring (bicyclic) bond motifs is 1. The molecule has 88 valence electrons. The maximum atomic E-state index is 11.1. The van der Waals surface area contributed by atoms with Gasteiger partial charge in [0.1, 0.15) is 5.57 Å². The molecule has 1 N–H and O–H groups in total. The van der Waals surface area contributed by atoms with Gasteiger partial charge in [0.2, 0.25) is 6.79 Å². The van der Waals surface area contributed by atoms with Crippen molar-refractivity contribution in [2.45, 2.75) is 6.92 Å². The Kier molecular flexibility index (Phi) is 2.82. The summed E-state index contributed by atoms with van der Waals surface area (Å²) in [4.78, 5) is 22.0. The standard InChI is InChI=1S/C12H10O5/c1-7(13)9(12(14)15)4-8-2-3-10-11(5-8)17-6-16-10/h2-5H,6H2,1H3,(H,14,15). The van der Waals surface area contributed by atoms with Crippen LogP contribution in [0.2, 0.25) is 0 Å². The van der Waals surface area contributed by atoms with Crippen LogP contribution in [-0.2, 0) is 9.59 Å². The minimum atomic E-state index is -1.24. The van der Waals surface area contributed by atoms with E-state index in [1.807, 2.05) is 0 Å². The lowest BCUT2D eigenvalue weighted by molar-refractivity contribution is -0.134. The number of rotatable bonds is 3. The van der Waals surface area contributed by atoms with Crippen LogP contribution >= 0.6 is 0 Å². The van der Waals surface area contributed by atoms with E-state index >= 15 is 0 Å². The van der Waals surface area contributed by atoms with E-state index in [2.05, 4.69) is 0 Å². The third kappa shape index (κ3) is 2.28. The van der Waals surface area contributed by atoms with Gasteiger partial charge in [-0.25, -0.2) is 4.79 Å². The summed E-state index contributed by atoms with van der Waals surface area (Å²) in [6.07, 6.45) is 1.31. The van der Waals surface area contributed by atoms with Crippen molar-refractivity contribution >= 4 is 17.8 Å². The summed E-state index contributed by atoms with van der Waals surface area (Å²) in [7, 11) is 0. The van der Waals surface area contributed by atoms with Gasteiger partial charge in [-0.2, -0.15) is 0 Å². The van der Waals surface area contributed by atoms with Gasteiger partial charge >= 0.3 is 5.97 Å². The number of hydrogen-bond acceptors (Lipinski definition) is 4. The molecule has 0 saturated heterocycles. The molecular weight excluding hydrogens is 224 g/mol. The SMILES string of the molecule is CC(=O)C(=Cc1ccc2c(c1)OCO2)C(=O)O. The summed E-state index contributed by atoms with van der Waals surface area (Å²) < 4.78 is 10.3. The van der Waals surface area contributed by atoms with E-state index in [1.165, 1.54) is 13.0 Å². The van der Waals surface area contributed by atoms with E-state index in [0.29, 0.717) is 17.1 Å². The van der Waals surface area contributed by atoms with Gasteiger partial charge in [-0.3, -0.25) is 4.79 Å². The van der Waals surface area contributed by atoms with Crippen molar-refractivity contribution in [2.75, 3.05) is 6.79 Å². The van der Waals surface area contributed by atoms with Crippen molar-refractivity contribution in [1.82, 2.24) is 0 Å². The molecule has 5 nitrogen and oxygen atoms in total. The quantitative estimate of drug-likeness (QED) is 0.487. The van der Waals surface area contributed by atoms with Crippen molar-refractivity contribution in [3.05, 3.63) is 29.3 Å². The second kappa shape index (κ2) is 4.29. The zero-order valence-electron chi connectivity index (χ0n) is 9.10. The third-order valence-corrected chi connectivity index (χ3v) is 2.32. The van der Waals surface area contributed by atoms with Crippen LogP contribution in [0.5, 0.6) is 11.5 Å². The topological polar surface area (TPSA) is 72.8 Å². The number of ether oxygens (including phenoxy) is 2. The van der Waals surface area contributed by atoms with Gasteiger partial charge in [0.25, 0.3) is 0 Å². The Labute approximate surface area is 97.3 Å². The van der Waals surface area contributed by atoms with Gasteiger partial charge in [0, 0.05) is 0 Å². The largest absolute Gasteiger partial charge is 0.478 e. The van der Waals surface area contributed by atoms with Crippen LogP contribution < -0.4 is 9.47 Å². The van der Waals surface area contributed by atoms with Crippen molar-refractivity contribution in [3.8, 4) is 11.5 Å². The van der Waals surface area contributed by atoms with Crippen molar-refractivity contribution in [3.63, 3.8) is 0 Å². The van der Waals surface area contributed by atoms with Crippen LogP contribution in [0.1, 0.15) is 12.5 Å². The molecule has 2 rings (SSSR count). The molecule has 1 aromatic carbocycles. The first-order chi connectivity index (χ1) is 8.08. The van der Waals surface area contributed by atoms with Crippen molar-refractivity contribution in [2.24, 2.45) is 0 Å². The Balaban J connectivity index is 2.37. The predicted molar refractivity (Wildman–Crippen MR) is 58.9 cm³/mol. The van der Waals surface area contributed by atoms with E-state index in [4.69, 9.17) is 14.6 Å². The summed E-state index contributed by atoms with van der Waals surface area (Å²) in [6.45, 7) is 1.37. The predicted octanol–water partition coefficient (Wildman–Crippen LogP) is 1.47. The monoisotopic (exact) mass is 234 g/mol. The van der Waals surface area contributed by atoms with Crippen LogP contribution in [0, 0.1) is 0 Å². The zero-order chi connectivity index (χ0) is 12.4. The Morgan fingerprint density at radius 3 is 2.65 bits per heavy atom. The summed E-state index contributed by atoms with van der Waals surface area (Å²) in [5.74, 6) is -0.570. The minimum Gasteiger partial charge on any atom is -0.478 e. The molecule has 0 fully saturated rings. The molecule has 1 aliphatic rings. The molecule has 0 aliphatic carbocycles. The lowest BCUT2D eigenvalue weighted by atomic mass is 10.1. The van der Waals surface area contributed by atoms with Crippen LogP contribution in [0.4, 0.5) is 0 Å². The molecule has 17 heavy (non-hydrogen) atoms. The molecule has 0 atom stereocenters. The number of carbonyl (C=O) groups excluding carboxylic acids is 1. The molecular formula is C12H10O5. The number of ketones is 1. The number of carboxylic acid groups (broad SMARTS) is 1. The molecule has 0 bridgehead atoms. The van der Waals surface area contributed by atoms with E-state index in [0.717, 1.165) is 0 Å². The highest BCUT2D eigenvalue weighted by molar-refractivity contribution is 6.19. The van der Waals surface area contributed by atoms with Gasteiger partial charge in [0.05, 0.1) is 0 Å². The van der Waals surface area contributed by atoms with E-state index < -0.39 is 11.8 Å². The van der Waals surface area contributed by atoms with E-state index in [9.17, 15) is 9.59 Å². The van der Waals surface area contributed by atoms with Gasteiger partial charge in [0.15, 0.2) is 17.3 Å². The molecule has 5 heteroatoms. The van der Waals surface area contributed by atoms with Crippen LogP contribution in [0.25, 0.3) is 6.08 Å². The maximum absolute atomic E-state index is 11.1. The van der Waals surface area contributed by atoms with Crippen molar-refractivity contribution in [1.29, 1.82) is 0 Å². The lowest BCUT2D eigenvalue weighted by Gasteiger charge is -2.00. The lowest BCUT2D eigenvalue weighted by Crippen LogP contribution is -2.08. The second-order valence-electron chi connectivity index (χ2n) is 3.53. The van der Waals surface area contributed by atoms with Gasteiger partial charge in [-0.05, 0) is 30.7 Å². The zero-order valence-corrected chi connectivity index (χ0v) is 9.10. The maximum Gasteiger partial charge on any atom is 0.339 e. The second-order valence-corrected chi connectivity index (χ2v) is 3.53. The smallest absolute Gasteiger partial charge is 0.339 e. The molecule has 0 unspecified atom stereocenters. The fourth-order valence-electron chi connectivity index (χ4n) is 1.48. The Hall–Kier alpha value is -2.30. The normalized spacial score (nSPS) is 13.6. The fourth-order valence-corrected chi connectivity index (χ4v) is 1.48. The van der Waals surface area contributed by atoms with Crippen molar-refractivity contribution < 1.29 is 24.2 Å². The molecule has 0 amide bonds. The first-order valence-corrected chi connectivity index (χ1v) is 4.93. The first kappa shape index (κ1) is 11.2. The van der Waals surface area contributed by atoms with Crippen LogP contribution in [0.3, 0.4) is 0 Å². The van der Waals surface area contributed by atoms with Gasteiger partial charge in [-0.15, -0.1) is 0 Å². The molecule has 1 heterocycles. The number of Topliss-reactive ketones (excluding diaryl/α,β-unsaturated/α-hetero) is 1. The number of carboxylic acids is 1. The number of benzene rings is 1. The third-order valence-electron chi connectivity index (χ3n) is 2.32. The first-order valence-electron chi connectivity index (χ1n) is 4.93. The number of carbonyl (C=O) groups is 2. The van der Waals surface area contributed by atoms with E-state index in [1.54, 1.807) is 18.2 Å². The molecule has 0 radical (unpaired) electrons. The fraction of sp³-hybridized carbons (Fsp3) is 0.167. The average Bonchev–Trinajstić information content (AvgIpc) is 2.71. The Morgan fingerprint density at radius 1 is 1.29 bits per heavy atom. The summed E-state index contributed by atoms with van der Waals surface area (Å²) in [5, 5.41) is 8.85. The molecule has 0 saturated carbocycles. The summed E-state index contributed by atoms with van der Waals surface area (Å²) in [5.41, 5.74) is 0.325.